The van der Waals surface area contributed by atoms with Crippen molar-refractivity contribution in [3.05, 3.63) is 50.9 Å². The van der Waals surface area contributed by atoms with Crippen molar-refractivity contribution in [1.29, 1.82) is 0 Å². The Labute approximate surface area is 174 Å². The first-order chi connectivity index (χ1) is 14.7. The maximum absolute atomic E-state index is 12.8. The number of benzene rings is 1. The summed E-state index contributed by atoms with van der Waals surface area (Å²) in [6, 6.07) is 7.44. The molecule has 1 fully saturated rings. The van der Waals surface area contributed by atoms with E-state index in [1.165, 1.54) is 11.8 Å². The summed E-state index contributed by atoms with van der Waals surface area (Å²) in [5, 5.41) is 16.5. The molecule has 30 heavy (non-hydrogen) atoms. The van der Waals surface area contributed by atoms with Crippen LogP contribution < -0.4 is 11.2 Å². The molecule has 1 saturated heterocycles. The van der Waals surface area contributed by atoms with Gasteiger partial charge in [-0.15, -0.1) is 15.3 Å². The third kappa shape index (κ3) is 3.14. The molecular formula is C19H21N7O3S. The Balaban J connectivity index is 1.51. The summed E-state index contributed by atoms with van der Waals surface area (Å²) in [6.07, 6.45) is 1.99. The number of aromatic nitrogens is 7. The van der Waals surface area contributed by atoms with Crippen LogP contribution in [-0.2, 0) is 23.6 Å². The largest absolute Gasteiger partial charge is 0.376 e. The van der Waals surface area contributed by atoms with Crippen molar-refractivity contribution in [1.82, 2.24) is 33.9 Å². The van der Waals surface area contributed by atoms with Crippen molar-refractivity contribution in [2.75, 3.05) is 6.61 Å². The maximum atomic E-state index is 12.8. The molecule has 3 aromatic heterocycles. The van der Waals surface area contributed by atoms with Gasteiger partial charge >= 0.3 is 5.69 Å². The number of aryl methyl sites for hydroxylation is 1. The van der Waals surface area contributed by atoms with Crippen LogP contribution in [-0.4, -0.2) is 46.6 Å². The molecule has 1 N–H and O–H groups in total. The van der Waals surface area contributed by atoms with Gasteiger partial charge in [0, 0.05) is 13.2 Å². The quantitative estimate of drug-likeness (QED) is 0.463. The van der Waals surface area contributed by atoms with Crippen LogP contribution in [0.2, 0.25) is 0 Å². The van der Waals surface area contributed by atoms with E-state index in [-0.39, 0.29) is 17.4 Å². The Kier molecular flexibility index (Phi) is 4.91. The van der Waals surface area contributed by atoms with Crippen LogP contribution in [0.15, 0.2) is 39.0 Å². The van der Waals surface area contributed by atoms with Crippen molar-refractivity contribution < 1.29 is 4.74 Å². The lowest BCUT2D eigenvalue weighted by atomic mass is 10.2. The summed E-state index contributed by atoms with van der Waals surface area (Å²) >= 11 is 1.40. The molecule has 5 rings (SSSR count). The summed E-state index contributed by atoms with van der Waals surface area (Å²) in [5.41, 5.74) is 0.441. The number of nitrogens with zero attached hydrogens (tertiary/aromatic N) is 6. The van der Waals surface area contributed by atoms with Crippen molar-refractivity contribution in [3.8, 4) is 0 Å². The van der Waals surface area contributed by atoms with Crippen LogP contribution >= 0.6 is 11.8 Å². The minimum atomic E-state index is -0.246. The summed E-state index contributed by atoms with van der Waals surface area (Å²) in [5.74, 6) is 1.64. The molecule has 0 spiro atoms. The topological polar surface area (TPSA) is 112 Å². The Bertz CT molecular complexity index is 1330. The average Bonchev–Trinajstić information content (AvgIpc) is 3.49. The molecule has 10 nitrogen and oxygen atoms in total. The first-order valence-electron chi connectivity index (χ1n) is 9.92. The molecule has 0 aliphatic carbocycles. The number of H-pyrrole nitrogens is 1. The van der Waals surface area contributed by atoms with E-state index in [1.807, 2.05) is 35.6 Å². The highest BCUT2D eigenvalue weighted by Crippen LogP contribution is 2.23. The van der Waals surface area contributed by atoms with Gasteiger partial charge in [-0.05, 0) is 31.9 Å². The normalized spacial score (nSPS) is 16.8. The van der Waals surface area contributed by atoms with Crippen LogP contribution in [0, 0.1) is 0 Å². The van der Waals surface area contributed by atoms with Gasteiger partial charge in [-0.1, -0.05) is 23.9 Å². The van der Waals surface area contributed by atoms with Crippen molar-refractivity contribution in [2.24, 2.45) is 0 Å². The van der Waals surface area contributed by atoms with Gasteiger partial charge in [0.1, 0.15) is 5.82 Å². The van der Waals surface area contributed by atoms with E-state index >= 15 is 0 Å². The Morgan fingerprint density at radius 2 is 2.10 bits per heavy atom. The number of fused-ring (bicyclic) bond motifs is 3. The van der Waals surface area contributed by atoms with Gasteiger partial charge in [-0.25, -0.2) is 9.89 Å². The Morgan fingerprint density at radius 3 is 2.90 bits per heavy atom. The number of rotatable bonds is 6. The van der Waals surface area contributed by atoms with E-state index < -0.39 is 0 Å². The fraction of sp³-hybridized carbons (Fsp3) is 0.421. The zero-order chi connectivity index (χ0) is 20.7. The number of thioether (sulfide) groups is 1. The monoisotopic (exact) mass is 427 g/mol. The van der Waals surface area contributed by atoms with Gasteiger partial charge in [0.05, 0.1) is 29.3 Å². The summed E-state index contributed by atoms with van der Waals surface area (Å²) in [4.78, 5) is 25.0. The molecule has 11 heteroatoms. The molecule has 1 atom stereocenters. The second-order valence-electron chi connectivity index (χ2n) is 7.16. The third-order valence-electron chi connectivity index (χ3n) is 5.35. The number of hydrogen-bond donors (Lipinski definition) is 1. The number of hydrogen-bond acceptors (Lipinski definition) is 7. The van der Waals surface area contributed by atoms with Crippen LogP contribution in [0.3, 0.4) is 0 Å². The van der Waals surface area contributed by atoms with E-state index in [0.29, 0.717) is 41.0 Å². The predicted molar refractivity (Wildman–Crippen MR) is 112 cm³/mol. The van der Waals surface area contributed by atoms with Crippen LogP contribution in [0.4, 0.5) is 0 Å². The van der Waals surface area contributed by atoms with E-state index in [0.717, 1.165) is 25.0 Å². The predicted octanol–water partition coefficient (Wildman–Crippen LogP) is 1.42. The smallest absolute Gasteiger partial charge is 0.344 e. The number of para-hydroxylation sites is 1. The highest BCUT2D eigenvalue weighted by molar-refractivity contribution is 7.98. The fourth-order valence-corrected chi connectivity index (χ4v) is 4.76. The molecule has 1 unspecified atom stereocenters. The second kappa shape index (κ2) is 7.73. The Hall–Kier alpha value is -2.92. The van der Waals surface area contributed by atoms with Gasteiger partial charge in [0.15, 0.2) is 5.16 Å². The molecule has 0 radical (unpaired) electrons. The van der Waals surface area contributed by atoms with Crippen LogP contribution in [0.25, 0.3) is 16.7 Å². The van der Waals surface area contributed by atoms with E-state index in [9.17, 15) is 9.59 Å². The highest BCUT2D eigenvalue weighted by Gasteiger charge is 2.21. The van der Waals surface area contributed by atoms with E-state index in [4.69, 9.17) is 4.74 Å². The highest BCUT2D eigenvalue weighted by atomic mass is 32.2. The molecule has 1 aliphatic heterocycles. The molecule has 0 amide bonds. The molecular weight excluding hydrogens is 406 g/mol. The van der Waals surface area contributed by atoms with Gasteiger partial charge in [-0.2, -0.15) is 0 Å². The maximum Gasteiger partial charge on any atom is 0.344 e. The van der Waals surface area contributed by atoms with Gasteiger partial charge in [0.2, 0.25) is 5.78 Å². The SMILES string of the molecule is CCn1c(=O)c2ccccc2n2c(CSc3n[nH]c(=O)n3CC3CCCO3)nnc12. The van der Waals surface area contributed by atoms with Crippen molar-refractivity contribution in [2.45, 2.75) is 49.9 Å². The molecule has 0 bridgehead atoms. The summed E-state index contributed by atoms with van der Waals surface area (Å²) < 4.78 is 10.8. The summed E-state index contributed by atoms with van der Waals surface area (Å²) in [7, 11) is 0. The average molecular weight is 427 g/mol. The number of aromatic amines is 1. The van der Waals surface area contributed by atoms with E-state index in [1.54, 1.807) is 9.13 Å². The lowest BCUT2D eigenvalue weighted by Crippen LogP contribution is -2.25. The minimum absolute atomic E-state index is 0.0384. The second-order valence-corrected chi connectivity index (χ2v) is 8.11. The first kappa shape index (κ1) is 19.1. The standard InChI is InChI=1S/C19H21N7O3S/c1-2-24-16(27)13-7-3-4-8-14(13)26-15(20-21-17(24)26)11-30-19-23-22-18(28)25(19)10-12-6-5-9-29-12/h3-4,7-8,12H,2,5-6,9-11H2,1H3,(H,22,28). The van der Waals surface area contributed by atoms with Crippen LogP contribution in [0.1, 0.15) is 25.6 Å². The zero-order valence-electron chi connectivity index (χ0n) is 16.4. The van der Waals surface area contributed by atoms with Crippen molar-refractivity contribution >= 4 is 28.4 Å². The summed E-state index contributed by atoms with van der Waals surface area (Å²) in [6.45, 7) is 3.62. The minimum Gasteiger partial charge on any atom is -0.376 e. The third-order valence-corrected chi connectivity index (χ3v) is 6.33. The molecule has 0 saturated carbocycles. The molecule has 1 aromatic carbocycles. The number of ether oxygens (including phenoxy) is 1. The van der Waals surface area contributed by atoms with Gasteiger partial charge in [0.25, 0.3) is 5.56 Å². The van der Waals surface area contributed by atoms with E-state index in [2.05, 4.69) is 20.4 Å². The lowest BCUT2D eigenvalue weighted by Gasteiger charge is -2.11. The fourth-order valence-electron chi connectivity index (χ4n) is 3.89. The Morgan fingerprint density at radius 1 is 1.23 bits per heavy atom. The first-order valence-corrected chi connectivity index (χ1v) is 10.9. The zero-order valence-corrected chi connectivity index (χ0v) is 17.3. The van der Waals surface area contributed by atoms with Crippen molar-refractivity contribution in [3.63, 3.8) is 0 Å². The molecule has 4 aromatic rings. The molecule has 1 aliphatic rings. The number of nitrogens with one attached hydrogen (secondary N) is 1. The van der Waals surface area contributed by atoms with Crippen LogP contribution in [0.5, 0.6) is 0 Å². The van der Waals surface area contributed by atoms with Gasteiger partial charge in [-0.3, -0.25) is 18.3 Å². The van der Waals surface area contributed by atoms with Gasteiger partial charge < -0.3 is 4.74 Å². The molecule has 4 heterocycles. The lowest BCUT2D eigenvalue weighted by molar-refractivity contribution is 0.0941. The molecule has 156 valence electrons.